The quantitative estimate of drug-likeness (QED) is 0.712. The van der Waals surface area contributed by atoms with Crippen LogP contribution in [0.15, 0.2) is 39.9 Å². The summed E-state index contributed by atoms with van der Waals surface area (Å²) in [5.41, 5.74) is 0.657. The number of aromatic nitrogens is 4. The second kappa shape index (κ2) is 6.79. The summed E-state index contributed by atoms with van der Waals surface area (Å²) < 4.78 is 0. The molecule has 0 saturated carbocycles. The Morgan fingerprint density at radius 1 is 1.19 bits per heavy atom. The van der Waals surface area contributed by atoms with Gasteiger partial charge in [0.15, 0.2) is 5.82 Å². The highest BCUT2D eigenvalue weighted by Crippen LogP contribution is 2.25. The molecule has 3 heterocycles. The number of para-hydroxylation sites is 1. The minimum Gasteiger partial charge on any atom is -0.335 e. The minimum atomic E-state index is -0.329. The number of nitrogens with zero attached hydrogens (tertiary/aromatic N) is 3. The third kappa shape index (κ3) is 3.38. The molecule has 27 heavy (non-hydrogen) atoms. The molecule has 1 aliphatic rings. The van der Waals surface area contributed by atoms with Gasteiger partial charge in [-0.05, 0) is 31.9 Å². The van der Waals surface area contributed by atoms with Crippen LogP contribution in [0.25, 0.3) is 10.9 Å². The average molecular weight is 365 g/mol. The van der Waals surface area contributed by atoms with Crippen molar-refractivity contribution in [2.24, 2.45) is 0 Å². The first kappa shape index (κ1) is 17.1. The number of carbonyl (C=O) groups excluding carboxylic acids is 1. The predicted octanol–water partition coefficient (Wildman–Crippen LogP) is 1.33. The summed E-state index contributed by atoms with van der Waals surface area (Å²) >= 11 is 0. The highest BCUT2D eigenvalue weighted by atomic mass is 16.2. The lowest BCUT2D eigenvalue weighted by atomic mass is 9.94. The topological polar surface area (TPSA) is 112 Å². The number of benzene rings is 1. The fourth-order valence-electron chi connectivity index (χ4n) is 3.55. The molecule has 3 aromatic rings. The summed E-state index contributed by atoms with van der Waals surface area (Å²) in [6.45, 7) is 2.75. The van der Waals surface area contributed by atoms with Crippen LogP contribution in [0.2, 0.25) is 0 Å². The predicted molar refractivity (Wildman–Crippen MR) is 99.8 cm³/mol. The molecule has 2 aromatic heterocycles. The van der Waals surface area contributed by atoms with E-state index in [0.717, 1.165) is 12.8 Å². The zero-order chi connectivity index (χ0) is 19.0. The van der Waals surface area contributed by atoms with E-state index in [2.05, 4.69) is 19.9 Å². The highest BCUT2D eigenvalue weighted by Gasteiger charge is 2.28. The Hall–Kier alpha value is -3.29. The molecule has 0 bridgehead atoms. The first-order valence-corrected chi connectivity index (χ1v) is 8.87. The van der Waals surface area contributed by atoms with E-state index in [1.165, 1.54) is 6.07 Å². The summed E-state index contributed by atoms with van der Waals surface area (Å²) in [5, 5.41) is 0.453. The van der Waals surface area contributed by atoms with Gasteiger partial charge in [0.2, 0.25) is 0 Å². The zero-order valence-electron chi connectivity index (χ0n) is 14.9. The summed E-state index contributed by atoms with van der Waals surface area (Å²) in [4.78, 5) is 52.5. The third-order valence-electron chi connectivity index (χ3n) is 4.82. The maximum absolute atomic E-state index is 12.9. The molecular weight excluding hydrogens is 346 g/mol. The fraction of sp³-hybridized carbons (Fsp3) is 0.316. The number of aromatic amines is 2. The molecule has 2 N–H and O–H groups in total. The van der Waals surface area contributed by atoms with Crippen molar-refractivity contribution in [3.05, 3.63) is 68.4 Å². The van der Waals surface area contributed by atoms with Crippen molar-refractivity contribution < 1.29 is 4.79 Å². The number of hydrogen-bond acceptors (Lipinski definition) is 5. The fourth-order valence-corrected chi connectivity index (χ4v) is 3.55. The van der Waals surface area contributed by atoms with Crippen molar-refractivity contribution in [2.45, 2.75) is 25.7 Å². The summed E-state index contributed by atoms with van der Waals surface area (Å²) in [7, 11) is 0. The summed E-state index contributed by atoms with van der Waals surface area (Å²) in [6, 6.07) is 8.41. The Morgan fingerprint density at radius 3 is 2.81 bits per heavy atom. The molecule has 1 aliphatic heterocycles. The molecular formula is C19H19N5O3. The summed E-state index contributed by atoms with van der Waals surface area (Å²) in [6.07, 6.45) is 1.64. The number of amides is 1. The molecule has 0 spiro atoms. The average Bonchev–Trinajstić information content (AvgIpc) is 2.67. The molecule has 1 fully saturated rings. The second-order valence-corrected chi connectivity index (χ2v) is 6.78. The van der Waals surface area contributed by atoms with Crippen LogP contribution in [0.1, 0.15) is 40.9 Å². The lowest BCUT2D eigenvalue weighted by molar-refractivity contribution is 0.0693. The van der Waals surface area contributed by atoms with Gasteiger partial charge in [-0.15, -0.1) is 0 Å². The van der Waals surface area contributed by atoms with Gasteiger partial charge in [-0.1, -0.05) is 12.1 Å². The van der Waals surface area contributed by atoms with Crippen molar-refractivity contribution in [1.82, 2.24) is 24.8 Å². The highest BCUT2D eigenvalue weighted by molar-refractivity contribution is 5.92. The molecule has 8 nitrogen and oxygen atoms in total. The molecule has 1 atom stereocenters. The second-order valence-electron chi connectivity index (χ2n) is 6.78. The number of hydrogen-bond donors (Lipinski definition) is 2. The molecule has 0 radical (unpaired) electrons. The SMILES string of the molecule is Cc1nc(C2CCCN(C(=O)c3nc4ccccc4c(=O)[nH]3)C2)cc(=O)[nH]1. The van der Waals surface area contributed by atoms with E-state index in [1.807, 2.05) is 0 Å². The van der Waals surface area contributed by atoms with Crippen LogP contribution in [0.5, 0.6) is 0 Å². The van der Waals surface area contributed by atoms with Crippen molar-refractivity contribution in [2.75, 3.05) is 13.1 Å². The van der Waals surface area contributed by atoms with Gasteiger partial charge in [-0.25, -0.2) is 9.97 Å². The number of fused-ring (bicyclic) bond motifs is 1. The molecule has 1 unspecified atom stereocenters. The third-order valence-corrected chi connectivity index (χ3v) is 4.82. The lowest BCUT2D eigenvalue weighted by Gasteiger charge is -2.32. The normalized spacial score (nSPS) is 17.2. The van der Waals surface area contributed by atoms with Crippen LogP contribution in [0, 0.1) is 6.92 Å². The van der Waals surface area contributed by atoms with E-state index in [9.17, 15) is 14.4 Å². The molecule has 0 aliphatic carbocycles. The Labute approximate surface area is 154 Å². The Bertz CT molecular complexity index is 1130. The number of aryl methyl sites for hydroxylation is 1. The van der Waals surface area contributed by atoms with Crippen molar-refractivity contribution in [3.8, 4) is 0 Å². The Kier molecular flexibility index (Phi) is 4.31. The van der Waals surface area contributed by atoms with Crippen LogP contribution in [0.3, 0.4) is 0 Å². The van der Waals surface area contributed by atoms with E-state index < -0.39 is 0 Å². The zero-order valence-corrected chi connectivity index (χ0v) is 14.9. The van der Waals surface area contributed by atoms with E-state index in [-0.39, 0.29) is 28.8 Å². The smallest absolute Gasteiger partial charge is 0.289 e. The van der Waals surface area contributed by atoms with Crippen LogP contribution >= 0.6 is 0 Å². The van der Waals surface area contributed by atoms with Crippen LogP contribution in [-0.4, -0.2) is 43.8 Å². The number of likely N-dealkylation sites (tertiary alicyclic amines) is 1. The van der Waals surface area contributed by atoms with Gasteiger partial charge in [0, 0.05) is 25.1 Å². The molecule has 138 valence electrons. The van der Waals surface area contributed by atoms with Gasteiger partial charge in [-0.2, -0.15) is 0 Å². The monoisotopic (exact) mass is 365 g/mol. The van der Waals surface area contributed by atoms with E-state index in [4.69, 9.17) is 0 Å². The maximum atomic E-state index is 12.9. The van der Waals surface area contributed by atoms with Gasteiger partial charge in [0.05, 0.1) is 16.6 Å². The van der Waals surface area contributed by atoms with Crippen LogP contribution in [0.4, 0.5) is 0 Å². The standard InChI is InChI=1S/C19H19N5O3/c1-11-20-15(9-16(25)21-11)12-5-4-8-24(10-12)19(27)17-22-14-7-3-2-6-13(14)18(26)23-17/h2-3,6-7,9,12H,4-5,8,10H2,1H3,(H,20,21,25)(H,22,23,26). The van der Waals surface area contributed by atoms with E-state index >= 15 is 0 Å². The Morgan fingerprint density at radius 2 is 2.00 bits per heavy atom. The number of H-pyrrole nitrogens is 2. The van der Waals surface area contributed by atoms with Crippen molar-refractivity contribution in [1.29, 1.82) is 0 Å². The van der Waals surface area contributed by atoms with Gasteiger partial charge >= 0.3 is 0 Å². The summed E-state index contributed by atoms with van der Waals surface area (Å²) in [5.74, 6) is 0.260. The number of rotatable bonds is 2. The van der Waals surface area contributed by atoms with Crippen molar-refractivity contribution in [3.63, 3.8) is 0 Å². The number of piperidine rings is 1. The molecule has 1 amide bonds. The first-order chi connectivity index (χ1) is 13.0. The molecule has 4 rings (SSSR count). The molecule has 1 saturated heterocycles. The Balaban J connectivity index is 1.62. The molecule has 8 heteroatoms. The largest absolute Gasteiger partial charge is 0.335 e. The van der Waals surface area contributed by atoms with Crippen LogP contribution < -0.4 is 11.1 Å². The number of nitrogens with one attached hydrogen (secondary N) is 2. The van der Waals surface area contributed by atoms with Gasteiger partial charge < -0.3 is 14.9 Å². The molecule has 1 aromatic carbocycles. The lowest BCUT2D eigenvalue weighted by Crippen LogP contribution is -2.41. The van der Waals surface area contributed by atoms with Crippen molar-refractivity contribution >= 4 is 16.8 Å². The minimum absolute atomic E-state index is 0.0177. The van der Waals surface area contributed by atoms with E-state index in [1.54, 1.807) is 36.1 Å². The first-order valence-electron chi connectivity index (χ1n) is 8.87. The van der Waals surface area contributed by atoms with Gasteiger partial charge in [0.1, 0.15) is 5.82 Å². The van der Waals surface area contributed by atoms with E-state index in [0.29, 0.717) is 35.5 Å². The van der Waals surface area contributed by atoms with Gasteiger partial charge in [0.25, 0.3) is 17.0 Å². The van der Waals surface area contributed by atoms with Crippen LogP contribution in [-0.2, 0) is 0 Å². The maximum Gasteiger partial charge on any atom is 0.289 e. The number of carbonyl (C=O) groups is 1. The van der Waals surface area contributed by atoms with Gasteiger partial charge in [-0.3, -0.25) is 14.4 Å².